The van der Waals surface area contributed by atoms with Crippen molar-refractivity contribution in [2.75, 3.05) is 49.6 Å². The van der Waals surface area contributed by atoms with Crippen molar-refractivity contribution in [3.8, 4) is 0 Å². The van der Waals surface area contributed by atoms with E-state index < -0.39 is 30.3 Å². The van der Waals surface area contributed by atoms with Crippen LogP contribution in [0.5, 0.6) is 0 Å². The van der Waals surface area contributed by atoms with E-state index >= 15 is 4.39 Å². The molecule has 1 aliphatic rings. The lowest BCUT2D eigenvalue weighted by Gasteiger charge is -2.28. The van der Waals surface area contributed by atoms with E-state index in [1.54, 1.807) is 42.5 Å². The van der Waals surface area contributed by atoms with Crippen LogP contribution in [0.1, 0.15) is 12.5 Å². The minimum atomic E-state index is -3.17. The summed E-state index contributed by atoms with van der Waals surface area (Å²) in [4.78, 5) is 42.8. The first kappa shape index (κ1) is 27.7. The first-order chi connectivity index (χ1) is 17.7. The van der Waals surface area contributed by atoms with Crippen LogP contribution >= 0.6 is 0 Å². The van der Waals surface area contributed by atoms with Crippen molar-refractivity contribution in [1.82, 2.24) is 20.7 Å². The maximum atomic E-state index is 15.1. The zero-order valence-electron chi connectivity index (χ0n) is 20.5. The molecule has 0 radical (unpaired) electrons. The highest BCUT2D eigenvalue weighted by Crippen LogP contribution is 2.28. The van der Waals surface area contributed by atoms with Crippen LogP contribution in [0.4, 0.5) is 29.3 Å². The van der Waals surface area contributed by atoms with Crippen molar-refractivity contribution >= 4 is 29.3 Å². The van der Waals surface area contributed by atoms with Gasteiger partial charge in [-0.1, -0.05) is 0 Å². The number of nitrogens with zero attached hydrogens (tertiary/aromatic N) is 4. The molecule has 1 fully saturated rings. The number of alkyl halides is 2. The molecule has 2 aromatic rings. The van der Waals surface area contributed by atoms with Gasteiger partial charge in [-0.2, -0.15) is 8.78 Å². The second kappa shape index (κ2) is 12.9. The van der Waals surface area contributed by atoms with Crippen molar-refractivity contribution in [3.05, 3.63) is 54.1 Å². The number of halogens is 3. The molecule has 1 saturated heterocycles. The Morgan fingerprint density at radius 2 is 1.95 bits per heavy atom. The Morgan fingerprint density at radius 1 is 1.22 bits per heavy atom. The lowest BCUT2D eigenvalue weighted by atomic mass is 10.2. The molecule has 10 nitrogen and oxygen atoms in total. The fourth-order valence-electron chi connectivity index (χ4n) is 3.85. The summed E-state index contributed by atoms with van der Waals surface area (Å²) in [5.74, 6) is -2.19. The topological polar surface area (TPSA) is 107 Å². The average Bonchev–Trinajstić information content (AvgIpc) is 3.26. The van der Waals surface area contributed by atoms with E-state index in [-0.39, 0.29) is 36.8 Å². The fourth-order valence-corrected chi connectivity index (χ4v) is 3.85. The second-order valence-corrected chi connectivity index (χ2v) is 8.18. The molecule has 200 valence electrons. The summed E-state index contributed by atoms with van der Waals surface area (Å²) in [5.41, 5.74) is 4.22. The Morgan fingerprint density at radius 3 is 2.57 bits per heavy atom. The van der Waals surface area contributed by atoms with Gasteiger partial charge in [-0.3, -0.25) is 24.5 Å². The third-order valence-corrected chi connectivity index (χ3v) is 5.81. The van der Waals surface area contributed by atoms with Gasteiger partial charge in [0, 0.05) is 32.5 Å². The molecule has 0 unspecified atom stereocenters. The average molecular weight is 523 g/mol. The Kier molecular flexibility index (Phi) is 9.66. The van der Waals surface area contributed by atoms with Gasteiger partial charge in [-0.25, -0.2) is 14.6 Å². The van der Waals surface area contributed by atoms with Gasteiger partial charge in [0.05, 0.1) is 37.4 Å². The number of hydrogen-bond acceptors (Lipinski definition) is 7. The maximum absolute atomic E-state index is 15.1. The Bertz CT molecular complexity index is 1090. The van der Waals surface area contributed by atoms with E-state index in [9.17, 15) is 23.2 Å². The van der Waals surface area contributed by atoms with Crippen molar-refractivity contribution in [2.45, 2.75) is 25.9 Å². The molecule has 0 bridgehead atoms. The van der Waals surface area contributed by atoms with Crippen molar-refractivity contribution in [2.24, 2.45) is 0 Å². The number of cyclic esters (lactones) is 1. The van der Waals surface area contributed by atoms with Crippen LogP contribution in [0.3, 0.4) is 0 Å². The first-order valence-electron chi connectivity index (χ1n) is 11.7. The molecule has 1 atom stereocenters. The monoisotopic (exact) mass is 522 g/mol. The van der Waals surface area contributed by atoms with Crippen LogP contribution in [0, 0.1) is 5.82 Å². The normalized spacial score (nSPS) is 15.0. The molecular formula is C24H29F3N6O4. The van der Waals surface area contributed by atoms with E-state index in [1.807, 2.05) is 12.2 Å². The third kappa shape index (κ3) is 7.32. The summed E-state index contributed by atoms with van der Waals surface area (Å²) in [6.07, 6.45) is -1.36. The van der Waals surface area contributed by atoms with Gasteiger partial charge in [0.2, 0.25) is 5.91 Å². The van der Waals surface area contributed by atoms with Crippen LogP contribution in [-0.2, 0) is 20.7 Å². The minimum Gasteiger partial charge on any atom is -0.442 e. The molecule has 0 spiro atoms. The number of nitrogens with one attached hydrogen (secondary N) is 2. The van der Waals surface area contributed by atoms with E-state index in [2.05, 4.69) is 10.4 Å². The summed E-state index contributed by atoms with van der Waals surface area (Å²) in [6, 6.07) is 7.78. The number of pyridine rings is 1. The van der Waals surface area contributed by atoms with Crippen LogP contribution in [0.25, 0.3) is 0 Å². The number of hydrazine groups is 1. The molecule has 3 amide bonds. The van der Waals surface area contributed by atoms with Crippen molar-refractivity contribution in [3.63, 3.8) is 0 Å². The highest BCUT2D eigenvalue weighted by molar-refractivity contribution is 5.90. The third-order valence-electron chi connectivity index (χ3n) is 5.81. The van der Waals surface area contributed by atoms with Gasteiger partial charge in [0.25, 0.3) is 5.91 Å². The second-order valence-electron chi connectivity index (χ2n) is 8.18. The molecular weight excluding hydrogens is 493 g/mol. The molecule has 1 aromatic heterocycles. The molecule has 0 saturated carbocycles. The van der Waals surface area contributed by atoms with Gasteiger partial charge >= 0.3 is 12.5 Å². The summed E-state index contributed by atoms with van der Waals surface area (Å²) in [6.45, 7) is 2.63. The number of rotatable bonds is 12. The largest absolute Gasteiger partial charge is 0.442 e. The Labute approximate surface area is 212 Å². The number of amides is 3. The van der Waals surface area contributed by atoms with Crippen LogP contribution in [0.2, 0.25) is 0 Å². The molecule has 1 aliphatic heterocycles. The number of anilines is 2. The highest BCUT2D eigenvalue weighted by atomic mass is 19.3. The van der Waals surface area contributed by atoms with Gasteiger partial charge in [0.1, 0.15) is 11.9 Å². The number of hydrogen-bond donors (Lipinski definition) is 2. The highest BCUT2D eigenvalue weighted by Gasteiger charge is 2.33. The zero-order chi connectivity index (χ0) is 26.9. The van der Waals surface area contributed by atoms with E-state index in [1.165, 1.54) is 22.0 Å². The molecule has 2 N–H and O–H groups in total. The summed E-state index contributed by atoms with van der Waals surface area (Å²) in [7, 11) is 1.64. The fraction of sp³-hybridized carbons (Fsp3) is 0.417. The predicted octanol–water partition coefficient (Wildman–Crippen LogP) is 1.96. The summed E-state index contributed by atoms with van der Waals surface area (Å²) in [5, 5.41) is 3.46. The number of likely N-dealkylation sites (N-methyl/N-ethyl adjacent to an activating group) is 1. The molecule has 0 aliphatic carbocycles. The van der Waals surface area contributed by atoms with Gasteiger partial charge in [-0.05, 0) is 42.8 Å². The smallest absolute Gasteiger partial charge is 0.414 e. The van der Waals surface area contributed by atoms with E-state index in [0.29, 0.717) is 19.6 Å². The van der Waals surface area contributed by atoms with Crippen LogP contribution in [0.15, 0.2) is 42.7 Å². The quantitative estimate of drug-likeness (QED) is 0.411. The van der Waals surface area contributed by atoms with Crippen molar-refractivity contribution in [1.29, 1.82) is 0 Å². The number of ether oxygens (including phenoxy) is 1. The standard InChI is InChI=1S/C24H29F3N6O4/c1-3-31(10-11-33(28-2)21(34)12-16-6-8-29-9-7-16)20-5-4-17(13-19(20)25)32-15-18(37-24(32)36)14-30-23(35)22(26)27/h4-9,13,18,22,28H,3,10-12,14-15H2,1-2H3,(H,30,35)/t18-/m0/s1. The van der Waals surface area contributed by atoms with Crippen molar-refractivity contribution < 1.29 is 32.3 Å². The van der Waals surface area contributed by atoms with Crippen LogP contribution < -0.4 is 20.5 Å². The van der Waals surface area contributed by atoms with Gasteiger partial charge in [0.15, 0.2) is 0 Å². The molecule has 13 heteroatoms. The predicted molar refractivity (Wildman–Crippen MR) is 130 cm³/mol. The molecule has 37 heavy (non-hydrogen) atoms. The Hall–Kier alpha value is -3.87. The first-order valence-corrected chi connectivity index (χ1v) is 11.7. The minimum absolute atomic E-state index is 0.0324. The number of benzene rings is 1. The molecule has 1 aromatic carbocycles. The lowest BCUT2D eigenvalue weighted by Crippen LogP contribution is -2.46. The van der Waals surface area contributed by atoms with E-state index in [4.69, 9.17) is 4.74 Å². The SMILES string of the molecule is CCN(CCN(NC)C(=O)Cc1ccncc1)c1ccc(N2C[C@H](CNC(=O)C(F)F)OC2=O)cc1F. The number of aromatic nitrogens is 1. The Balaban J connectivity index is 1.60. The van der Waals surface area contributed by atoms with Crippen LogP contribution in [-0.4, -0.2) is 80.2 Å². The number of carbonyl (C=O) groups is 3. The van der Waals surface area contributed by atoms with Gasteiger partial charge < -0.3 is 15.0 Å². The molecule has 2 heterocycles. The molecule has 3 rings (SSSR count). The zero-order valence-corrected chi connectivity index (χ0v) is 20.5. The van der Waals surface area contributed by atoms with Gasteiger partial charge in [-0.15, -0.1) is 0 Å². The maximum Gasteiger partial charge on any atom is 0.414 e. The summed E-state index contributed by atoms with van der Waals surface area (Å²) < 4.78 is 44.9. The summed E-state index contributed by atoms with van der Waals surface area (Å²) >= 11 is 0. The van der Waals surface area contributed by atoms with E-state index in [0.717, 1.165) is 5.56 Å². The number of carbonyl (C=O) groups excluding carboxylic acids is 3. The lowest BCUT2D eigenvalue weighted by molar-refractivity contribution is -0.133.